The highest BCUT2D eigenvalue weighted by Crippen LogP contribution is 2.45. The van der Waals surface area contributed by atoms with Crippen molar-refractivity contribution in [2.75, 3.05) is 19.6 Å². The van der Waals surface area contributed by atoms with Gasteiger partial charge >= 0.3 is 0 Å². The van der Waals surface area contributed by atoms with Gasteiger partial charge in [0.25, 0.3) is 5.91 Å². The highest BCUT2D eigenvalue weighted by atomic mass is 16.2. The summed E-state index contributed by atoms with van der Waals surface area (Å²) < 4.78 is 2.52. The number of carbonyl (C=O) groups is 1. The van der Waals surface area contributed by atoms with Gasteiger partial charge in [-0.25, -0.2) is 9.83 Å². The maximum Gasteiger partial charge on any atom is 0.253 e. The van der Waals surface area contributed by atoms with Crippen molar-refractivity contribution in [3.63, 3.8) is 0 Å². The molecular formula is C36H39N5O. The van der Waals surface area contributed by atoms with Crippen LogP contribution in [-0.2, 0) is 5.41 Å². The third-order valence-electron chi connectivity index (χ3n) is 10.5. The second-order valence-electron chi connectivity index (χ2n) is 12.6. The predicted molar refractivity (Wildman–Crippen MR) is 167 cm³/mol. The topological polar surface area (TPSA) is 45.7 Å². The predicted octanol–water partition coefficient (Wildman–Crippen LogP) is 7.33. The van der Waals surface area contributed by atoms with Gasteiger partial charge in [-0.15, -0.1) is 0 Å². The van der Waals surface area contributed by atoms with E-state index in [0.717, 1.165) is 50.2 Å². The summed E-state index contributed by atoms with van der Waals surface area (Å²) in [7, 11) is 0. The second-order valence-corrected chi connectivity index (χ2v) is 12.6. The lowest BCUT2D eigenvalue weighted by Crippen LogP contribution is -2.49. The molecule has 3 aromatic carbocycles. The van der Waals surface area contributed by atoms with E-state index in [-0.39, 0.29) is 11.3 Å². The molecule has 0 aliphatic carbocycles. The monoisotopic (exact) mass is 557 g/mol. The Morgan fingerprint density at radius 2 is 1.57 bits per heavy atom. The average molecular weight is 558 g/mol. The van der Waals surface area contributed by atoms with Crippen molar-refractivity contribution in [1.82, 2.24) is 19.4 Å². The first-order chi connectivity index (χ1) is 20.5. The lowest BCUT2D eigenvalue weighted by atomic mass is 9.70. The molecule has 1 amide bonds. The fourth-order valence-electron chi connectivity index (χ4n) is 8.26. The van der Waals surface area contributed by atoms with Crippen LogP contribution in [0.25, 0.3) is 15.9 Å². The summed E-state index contributed by atoms with van der Waals surface area (Å²) in [4.78, 5) is 26.5. The van der Waals surface area contributed by atoms with Crippen LogP contribution in [0.3, 0.4) is 0 Å². The molecule has 3 saturated heterocycles. The molecule has 3 aliphatic rings. The third kappa shape index (κ3) is 4.80. The minimum Gasteiger partial charge on any atom is -0.339 e. The minimum atomic E-state index is 0.0793. The number of aryl methyl sites for hydroxylation is 1. The van der Waals surface area contributed by atoms with Gasteiger partial charge in [-0.1, -0.05) is 66.7 Å². The molecule has 0 saturated carbocycles. The second kappa shape index (κ2) is 11.0. The van der Waals surface area contributed by atoms with Gasteiger partial charge in [-0.05, 0) is 81.5 Å². The largest absolute Gasteiger partial charge is 0.339 e. The number of carbonyl (C=O) groups excluding carboxylic acids is 1. The first kappa shape index (κ1) is 26.9. The molecular weight excluding hydrogens is 518 g/mol. The molecule has 2 bridgehead atoms. The lowest BCUT2D eigenvalue weighted by Gasteiger charge is -2.45. The van der Waals surface area contributed by atoms with Gasteiger partial charge in [0, 0.05) is 36.8 Å². The van der Waals surface area contributed by atoms with Crippen LogP contribution in [0.15, 0.2) is 78.9 Å². The summed E-state index contributed by atoms with van der Waals surface area (Å²) >= 11 is 0. The maximum absolute atomic E-state index is 13.3. The van der Waals surface area contributed by atoms with Crippen LogP contribution in [0, 0.1) is 13.5 Å². The summed E-state index contributed by atoms with van der Waals surface area (Å²) in [5.74, 6) is 1.22. The summed E-state index contributed by atoms with van der Waals surface area (Å²) in [6.45, 7) is 12.0. The number of nitrogens with zero attached hydrogens (tertiary/aromatic N) is 5. The third-order valence-corrected chi connectivity index (χ3v) is 10.5. The normalized spacial score (nSPS) is 23.6. The molecule has 3 fully saturated rings. The minimum absolute atomic E-state index is 0.0793. The number of aromatic nitrogens is 2. The SMILES string of the molecule is [C-]#[N+]c1ccc(C(=O)N2CCC(CCN3[C@@H]4CC[C@H]3CC(n3c(C)nc5ccccc53)C4)(c3ccccc3)CC2)cc1. The van der Waals surface area contributed by atoms with E-state index >= 15 is 0 Å². The zero-order chi connectivity index (χ0) is 28.7. The number of fused-ring (bicyclic) bond motifs is 3. The van der Waals surface area contributed by atoms with Crippen molar-refractivity contribution in [1.29, 1.82) is 0 Å². The van der Waals surface area contributed by atoms with Gasteiger partial charge in [0.2, 0.25) is 0 Å². The highest BCUT2D eigenvalue weighted by Gasteiger charge is 2.44. The Morgan fingerprint density at radius 1 is 0.905 bits per heavy atom. The van der Waals surface area contributed by atoms with E-state index < -0.39 is 0 Å². The van der Waals surface area contributed by atoms with Crippen LogP contribution in [0.5, 0.6) is 0 Å². The molecule has 4 heterocycles. The first-order valence-electron chi connectivity index (χ1n) is 15.6. The summed E-state index contributed by atoms with van der Waals surface area (Å²) in [6.07, 6.45) is 8.07. The zero-order valence-corrected chi connectivity index (χ0v) is 24.5. The molecule has 4 aromatic rings. The van der Waals surface area contributed by atoms with Crippen molar-refractivity contribution in [3.05, 3.63) is 107 Å². The Bertz CT molecular complexity index is 1600. The molecule has 0 spiro atoms. The van der Waals surface area contributed by atoms with Crippen molar-refractivity contribution >= 4 is 22.6 Å². The van der Waals surface area contributed by atoms with Gasteiger partial charge < -0.3 is 9.47 Å². The molecule has 0 N–H and O–H groups in total. The Morgan fingerprint density at radius 3 is 2.26 bits per heavy atom. The Hall–Kier alpha value is -3.95. The van der Waals surface area contributed by atoms with Gasteiger partial charge in [-0.3, -0.25) is 9.69 Å². The van der Waals surface area contributed by atoms with E-state index in [0.29, 0.717) is 29.4 Å². The number of benzene rings is 3. The van der Waals surface area contributed by atoms with Gasteiger partial charge in [-0.2, -0.15) is 0 Å². The van der Waals surface area contributed by atoms with Crippen molar-refractivity contribution in [2.45, 2.75) is 75.4 Å². The number of imidazole rings is 1. The first-order valence-corrected chi connectivity index (χ1v) is 15.6. The molecule has 3 aliphatic heterocycles. The number of rotatable bonds is 6. The van der Waals surface area contributed by atoms with E-state index in [4.69, 9.17) is 11.6 Å². The molecule has 0 radical (unpaired) electrons. The number of hydrogen-bond acceptors (Lipinski definition) is 3. The number of para-hydroxylation sites is 2. The molecule has 1 unspecified atom stereocenters. The smallest absolute Gasteiger partial charge is 0.253 e. The van der Waals surface area contributed by atoms with E-state index in [1.165, 1.54) is 36.8 Å². The van der Waals surface area contributed by atoms with Crippen LogP contribution in [-0.4, -0.2) is 57.0 Å². The van der Waals surface area contributed by atoms with E-state index in [9.17, 15) is 4.79 Å². The van der Waals surface area contributed by atoms with E-state index in [1.807, 2.05) is 4.90 Å². The van der Waals surface area contributed by atoms with Gasteiger partial charge in [0.15, 0.2) is 5.69 Å². The quantitative estimate of drug-likeness (QED) is 0.233. The lowest BCUT2D eigenvalue weighted by molar-refractivity contribution is 0.0607. The average Bonchev–Trinajstić information content (AvgIpc) is 3.50. The highest BCUT2D eigenvalue weighted by molar-refractivity contribution is 5.94. The van der Waals surface area contributed by atoms with Crippen LogP contribution in [0.1, 0.15) is 72.7 Å². The zero-order valence-electron chi connectivity index (χ0n) is 24.5. The fraction of sp³-hybridized carbons (Fsp3) is 0.417. The van der Waals surface area contributed by atoms with E-state index in [2.05, 4.69) is 75.8 Å². The molecule has 3 atom stereocenters. The number of likely N-dealkylation sites (tertiary alicyclic amines) is 1. The Labute approximate surface area is 248 Å². The molecule has 42 heavy (non-hydrogen) atoms. The molecule has 1 aromatic heterocycles. The maximum atomic E-state index is 13.3. The number of amides is 1. The standard InChI is InChI=1S/C36H39N5O/c1-26-38-33-10-6-7-11-34(33)41(26)32-24-30-16-17-31(25-32)40(30)23-20-36(28-8-4-3-5-9-28)18-21-39(22-19-36)35(42)27-12-14-29(37-2)15-13-27/h3-15,30-32H,16-25H2,1H3/t30-,31+,32?. The summed E-state index contributed by atoms with van der Waals surface area (Å²) in [5, 5.41) is 0. The van der Waals surface area contributed by atoms with E-state index in [1.54, 1.807) is 24.3 Å². The Balaban J connectivity index is 1.05. The van der Waals surface area contributed by atoms with Crippen molar-refractivity contribution in [2.24, 2.45) is 0 Å². The molecule has 214 valence electrons. The Kier molecular flexibility index (Phi) is 7.07. The fourth-order valence-corrected chi connectivity index (χ4v) is 8.26. The van der Waals surface area contributed by atoms with Crippen molar-refractivity contribution in [3.8, 4) is 0 Å². The van der Waals surface area contributed by atoms with Crippen LogP contribution in [0.2, 0.25) is 0 Å². The molecule has 7 rings (SSSR count). The molecule has 6 heteroatoms. The molecule has 6 nitrogen and oxygen atoms in total. The number of hydrogen-bond donors (Lipinski definition) is 0. The summed E-state index contributed by atoms with van der Waals surface area (Å²) in [5.41, 5.74) is 5.13. The van der Waals surface area contributed by atoms with Gasteiger partial charge in [0.1, 0.15) is 5.82 Å². The van der Waals surface area contributed by atoms with Crippen molar-refractivity contribution < 1.29 is 4.79 Å². The van der Waals surface area contributed by atoms with Crippen LogP contribution < -0.4 is 0 Å². The van der Waals surface area contributed by atoms with Gasteiger partial charge in [0.05, 0.1) is 17.6 Å². The van der Waals surface area contributed by atoms with Crippen LogP contribution in [0.4, 0.5) is 5.69 Å². The summed E-state index contributed by atoms with van der Waals surface area (Å²) in [6, 6.07) is 28.5. The number of piperidine rings is 2. The van der Waals surface area contributed by atoms with Crippen LogP contribution >= 0.6 is 0 Å².